The number of carbonyl (C=O) groups excluding carboxylic acids is 1. The van der Waals surface area contributed by atoms with E-state index >= 15 is 0 Å². The first kappa shape index (κ1) is 11.1. The van der Waals surface area contributed by atoms with Gasteiger partial charge in [0.2, 0.25) is 6.41 Å². The highest BCUT2D eigenvalue weighted by atomic mass is 32.2. The van der Waals surface area contributed by atoms with Gasteiger partial charge in [0.1, 0.15) is 0 Å². The molecule has 0 fully saturated rings. The Hall–Kier alpha value is -1.40. The van der Waals surface area contributed by atoms with Crippen molar-refractivity contribution in [2.45, 2.75) is 17.7 Å². The molecule has 0 aliphatic carbocycles. The molecule has 0 atom stereocenters. The van der Waals surface area contributed by atoms with E-state index < -0.39 is 10.1 Å². The van der Waals surface area contributed by atoms with Gasteiger partial charge in [-0.05, 0) is 36.6 Å². The van der Waals surface area contributed by atoms with Crippen LogP contribution in [0.2, 0.25) is 0 Å². The van der Waals surface area contributed by atoms with E-state index in [1.165, 1.54) is 17.0 Å². The van der Waals surface area contributed by atoms with Crippen molar-refractivity contribution in [1.82, 2.24) is 0 Å². The molecule has 0 spiro atoms. The van der Waals surface area contributed by atoms with Gasteiger partial charge in [0.25, 0.3) is 10.1 Å². The third-order valence-electron chi connectivity index (χ3n) is 2.63. The number of hydrogen-bond acceptors (Lipinski definition) is 3. The van der Waals surface area contributed by atoms with Crippen LogP contribution in [0.25, 0.3) is 0 Å². The number of carbonyl (C=O) groups is 1. The number of fused-ring (bicyclic) bond motifs is 1. The van der Waals surface area contributed by atoms with E-state index in [9.17, 15) is 13.2 Å². The van der Waals surface area contributed by atoms with Crippen molar-refractivity contribution in [1.29, 1.82) is 0 Å². The molecule has 0 saturated carbocycles. The lowest BCUT2D eigenvalue weighted by atomic mass is 10.0. The summed E-state index contributed by atoms with van der Waals surface area (Å²) in [5.74, 6) is 0. The number of nitrogens with zero attached hydrogens (tertiary/aromatic N) is 1. The summed E-state index contributed by atoms with van der Waals surface area (Å²) in [6.45, 7) is 0.641. The highest BCUT2D eigenvalue weighted by Gasteiger charge is 2.19. The van der Waals surface area contributed by atoms with Crippen molar-refractivity contribution in [3.63, 3.8) is 0 Å². The van der Waals surface area contributed by atoms with E-state index in [2.05, 4.69) is 0 Å². The molecule has 1 aliphatic rings. The Morgan fingerprint density at radius 3 is 2.75 bits per heavy atom. The summed E-state index contributed by atoms with van der Waals surface area (Å²) in [6, 6.07) is 4.27. The van der Waals surface area contributed by atoms with Crippen LogP contribution in [0, 0.1) is 0 Å². The van der Waals surface area contributed by atoms with Crippen molar-refractivity contribution in [3.05, 3.63) is 23.8 Å². The molecule has 0 unspecified atom stereocenters. The van der Waals surface area contributed by atoms with Gasteiger partial charge in [0, 0.05) is 12.2 Å². The lowest BCUT2D eigenvalue weighted by molar-refractivity contribution is -0.107. The van der Waals surface area contributed by atoms with Gasteiger partial charge in [-0.15, -0.1) is 0 Å². The molecule has 5 nitrogen and oxygen atoms in total. The fraction of sp³-hybridized carbons (Fsp3) is 0.300. The second kappa shape index (κ2) is 3.88. The fourth-order valence-electron chi connectivity index (χ4n) is 1.87. The lowest BCUT2D eigenvalue weighted by Gasteiger charge is -2.25. The van der Waals surface area contributed by atoms with Crippen LogP contribution >= 0.6 is 0 Å². The Labute approximate surface area is 93.4 Å². The zero-order valence-electron chi connectivity index (χ0n) is 8.46. The summed E-state index contributed by atoms with van der Waals surface area (Å²) in [7, 11) is -4.17. The van der Waals surface area contributed by atoms with Crippen LogP contribution < -0.4 is 4.90 Å². The highest BCUT2D eigenvalue weighted by Crippen LogP contribution is 2.28. The van der Waals surface area contributed by atoms with Gasteiger partial charge in [-0.3, -0.25) is 9.35 Å². The first-order valence-corrected chi connectivity index (χ1v) is 6.29. The topological polar surface area (TPSA) is 74.7 Å². The molecule has 16 heavy (non-hydrogen) atoms. The molecule has 1 aliphatic heterocycles. The average molecular weight is 241 g/mol. The molecular weight excluding hydrogens is 230 g/mol. The second-order valence-electron chi connectivity index (χ2n) is 3.67. The minimum atomic E-state index is -4.17. The predicted octanol–water partition coefficient (Wildman–Crippen LogP) is 0.842. The largest absolute Gasteiger partial charge is 0.315 e. The Balaban J connectivity index is 2.51. The molecule has 1 aromatic rings. The van der Waals surface area contributed by atoms with E-state index in [0.717, 1.165) is 18.4 Å². The third-order valence-corrected chi connectivity index (χ3v) is 3.48. The first-order chi connectivity index (χ1) is 7.52. The zero-order valence-corrected chi connectivity index (χ0v) is 9.27. The van der Waals surface area contributed by atoms with Gasteiger partial charge in [-0.2, -0.15) is 8.42 Å². The van der Waals surface area contributed by atoms with E-state index in [-0.39, 0.29) is 4.90 Å². The van der Waals surface area contributed by atoms with Crippen LogP contribution in [0.15, 0.2) is 23.1 Å². The van der Waals surface area contributed by atoms with Crippen LogP contribution in [0.1, 0.15) is 12.0 Å². The molecule has 2 rings (SSSR count). The number of amides is 1. The average Bonchev–Trinajstić information content (AvgIpc) is 2.26. The smallest absolute Gasteiger partial charge is 0.294 e. The summed E-state index contributed by atoms with van der Waals surface area (Å²) in [5.41, 5.74) is 1.49. The van der Waals surface area contributed by atoms with Crippen LogP contribution in [-0.4, -0.2) is 25.9 Å². The minimum absolute atomic E-state index is 0.126. The van der Waals surface area contributed by atoms with E-state index in [1.807, 2.05) is 0 Å². The fourth-order valence-corrected chi connectivity index (χ4v) is 2.40. The van der Waals surface area contributed by atoms with Crippen molar-refractivity contribution in [2.24, 2.45) is 0 Å². The summed E-state index contributed by atoms with van der Waals surface area (Å²) >= 11 is 0. The Bertz CT molecular complexity index is 524. The molecule has 1 heterocycles. The molecule has 0 bridgehead atoms. The molecule has 0 radical (unpaired) electrons. The SMILES string of the molecule is O=CN1CCCc2cc(S(=O)(=O)O)ccc21. The number of anilines is 1. The maximum atomic E-state index is 10.9. The highest BCUT2D eigenvalue weighted by molar-refractivity contribution is 7.85. The quantitative estimate of drug-likeness (QED) is 0.615. The van der Waals surface area contributed by atoms with Crippen molar-refractivity contribution in [2.75, 3.05) is 11.4 Å². The number of benzene rings is 1. The molecule has 0 saturated heterocycles. The van der Waals surface area contributed by atoms with Crippen LogP contribution in [0.5, 0.6) is 0 Å². The minimum Gasteiger partial charge on any atom is -0.315 e. The predicted molar refractivity (Wildman–Crippen MR) is 58.0 cm³/mol. The van der Waals surface area contributed by atoms with Gasteiger partial charge in [0.05, 0.1) is 4.90 Å². The van der Waals surface area contributed by atoms with Crippen LogP contribution in [-0.2, 0) is 21.3 Å². The summed E-state index contributed by atoms with van der Waals surface area (Å²) in [6.07, 6.45) is 2.23. The number of hydrogen-bond donors (Lipinski definition) is 1. The monoisotopic (exact) mass is 241 g/mol. The molecule has 6 heteroatoms. The lowest BCUT2D eigenvalue weighted by Crippen LogP contribution is -2.27. The second-order valence-corrected chi connectivity index (χ2v) is 5.09. The molecule has 1 amide bonds. The number of aryl methyl sites for hydroxylation is 1. The van der Waals surface area contributed by atoms with Gasteiger partial charge in [-0.25, -0.2) is 0 Å². The van der Waals surface area contributed by atoms with E-state index in [4.69, 9.17) is 4.55 Å². The molecule has 1 N–H and O–H groups in total. The van der Waals surface area contributed by atoms with Crippen molar-refractivity contribution >= 4 is 22.2 Å². The molecular formula is C10H11NO4S. The Kier molecular flexibility index (Phi) is 2.69. The van der Waals surface area contributed by atoms with E-state index in [1.54, 1.807) is 6.07 Å². The van der Waals surface area contributed by atoms with Gasteiger partial charge in [-0.1, -0.05) is 0 Å². The van der Waals surface area contributed by atoms with Gasteiger partial charge >= 0.3 is 0 Å². The maximum Gasteiger partial charge on any atom is 0.294 e. The summed E-state index contributed by atoms with van der Waals surface area (Å²) in [5, 5.41) is 0. The van der Waals surface area contributed by atoms with E-state index in [0.29, 0.717) is 18.7 Å². The number of rotatable bonds is 2. The van der Waals surface area contributed by atoms with Crippen LogP contribution in [0.3, 0.4) is 0 Å². The summed E-state index contributed by atoms with van der Waals surface area (Å²) in [4.78, 5) is 12.2. The molecule has 1 aromatic carbocycles. The maximum absolute atomic E-state index is 10.9. The molecule has 0 aromatic heterocycles. The van der Waals surface area contributed by atoms with Gasteiger partial charge < -0.3 is 4.90 Å². The first-order valence-electron chi connectivity index (χ1n) is 4.85. The Morgan fingerprint density at radius 2 is 2.12 bits per heavy atom. The summed E-state index contributed by atoms with van der Waals surface area (Å²) < 4.78 is 30.8. The molecule has 86 valence electrons. The standard InChI is InChI=1S/C10H11NO4S/c12-7-11-5-1-2-8-6-9(16(13,14)15)3-4-10(8)11/h3-4,6-7H,1-2,5H2,(H,13,14,15). The normalized spacial score (nSPS) is 15.7. The third kappa shape index (κ3) is 1.94. The van der Waals surface area contributed by atoms with Crippen LogP contribution in [0.4, 0.5) is 5.69 Å². The zero-order chi connectivity index (χ0) is 11.8. The van der Waals surface area contributed by atoms with Crippen molar-refractivity contribution in [3.8, 4) is 0 Å². The van der Waals surface area contributed by atoms with Gasteiger partial charge in [0.15, 0.2) is 0 Å². The van der Waals surface area contributed by atoms with Crippen molar-refractivity contribution < 1.29 is 17.8 Å². The Morgan fingerprint density at radius 1 is 1.38 bits per heavy atom.